The molecule has 0 fully saturated rings. The highest BCUT2D eigenvalue weighted by atomic mass is 28.4. The Morgan fingerprint density at radius 2 is 0.766 bits per heavy atom. The van der Waals surface area contributed by atoms with Crippen LogP contribution in [0.2, 0.25) is 33.2 Å². The number of aryl methyl sites for hydroxylation is 2. The van der Waals surface area contributed by atoms with Crippen molar-refractivity contribution in [1.82, 2.24) is 0 Å². The smallest absolute Gasteiger partial charge is 0.316 e. The Hall–Kier alpha value is -4.55. The highest BCUT2D eigenvalue weighted by Gasteiger charge is 2.48. The minimum Gasteiger partial charge on any atom is -0.542 e. The van der Waals surface area contributed by atoms with E-state index in [0.717, 1.165) is 56.5 Å². The number of ether oxygens (including phenoxy) is 2. The first-order valence-electron chi connectivity index (χ1n) is 23.4. The number of hydrogen-bond donors (Lipinski definition) is 2. The number of hydrogen-bond acceptors (Lipinski definition) is 8. The van der Waals surface area contributed by atoms with E-state index < -0.39 is 27.5 Å². The number of rotatable bonds is 17. The molecule has 4 aromatic carbocycles. The summed E-state index contributed by atoms with van der Waals surface area (Å²) in [4.78, 5) is 26.0. The molecule has 0 spiro atoms. The zero-order valence-corrected chi connectivity index (χ0v) is 44.8. The van der Waals surface area contributed by atoms with Gasteiger partial charge < -0.3 is 29.0 Å². The Morgan fingerprint density at radius 1 is 0.469 bits per heavy atom. The van der Waals surface area contributed by atoms with Crippen molar-refractivity contribution in [3.05, 3.63) is 83.9 Å². The Labute approximate surface area is 388 Å². The topological polar surface area (TPSA) is 95.1 Å². The molecule has 0 radical (unpaired) electrons. The van der Waals surface area contributed by atoms with Crippen LogP contribution in [0.25, 0.3) is 11.1 Å². The highest BCUT2D eigenvalue weighted by molar-refractivity contribution is 6.78. The van der Waals surface area contributed by atoms with Crippen LogP contribution in [-0.4, -0.2) is 28.6 Å². The Kier molecular flexibility index (Phi) is 16.5. The summed E-state index contributed by atoms with van der Waals surface area (Å²) < 4.78 is 26.6. The third-order valence-corrected chi connectivity index (χ3v) is 24.8. The minimum atomic E-state index is -2.36. The fourth-order valence-electron chi connectivity index (χ4n) is 9.44. The van der Waals surface area contributed by atoms with Gasteiger partial charge in [0, 0.05) is 46.8 Å². The molecule has 0 amide bonds. The van der Waals surface area contributed by atoms with E-state index in [9.17, 15) is 9.59 Å². The van der Waals surface area contributed by atoms with Gasteiger partial charge in [0.1, 0.15) is 23.0 Å². The van der Waals surface area contributed by atoms with Gasteiger partial charge in [-0.1, -0.05) is 95.2 Å². The van der Waals surface area contributed by atoms with Gasteiger partial charge >= 0.3 is 11.9 Å². The summed E-state index contributed by atoms with van der Waals surface area (Å²) in [5.74, 6) is 2.01. The zero-order valence-electron chi connectivity index (χ0n) is 42.8. The lowest BCUT2D eigenvalue weighted by Crippen LogP contribution is -2.50. The highest BCUT2D eigenvalue weighted by Crippen LogP contribution is 2.49. The number of esters is 2. The van der Waals surface area contributed by atoms with Crippen molar-refractivity contribution >= 4 is 51.3 Å². The molecule has 0 saturated carbocycles. The van der Waals surface area contributed by atoms with Gasteiger partial charge in [0.25, 0.3) is 16.6 Å². The summed E-state index contributed by atoms with van der Waals surface area (Å²) in [6, 6.07) is 23.8. The van der Waals surface area contributed by atoms with E-state index in [-0.39, 0.29) is 11.9 Å². The lowest BCUT2D eigenvalue weighted by molar-refractivity contribution is -0.143. The van der Waals surface area contributed by atoms with E-state index in [1.807, 2.05) is 77.9 Å². The van der Waals surface area contributed by atoms with Gasteiger partial charge in [0.05, 0.1) is 22.2 Å². The van der Waals surface area contributed by atoms with Gasteiger partial charge in [0.15, 0.2) is 0 Å². The summed E-state index contributed by atoms with van der Waals surface area (Å²) in [7, 11) is -4.72. The Bertz CT molecular complexity index is 2060. The maximum Gasteiger partial charge on any atom is 0.316 e. The molecule has 4 aromatic rings. The molecule has 0 atom stereocenters. The first-order valence-corrected chi connectivity index (χ1v) is 27.7. The number of anilines is 4. The Morgan fingerprint density at radius 3 is 1.03 bits per heavy atom. The number of carbonyl (C=O) groups excluding carboxylic acids is 2. The standard InChI is InChI=1S/C54H80N2O6Si2/c1-33(2)63(34(3)4,35(5)6)61-49-31-47(55-41-23-21-25-43(29-41)59-51(57)53(15,16)17)45(27-39(49)13)46-28-40(14)50(62-64(36(7)8,37(9)10)38(11)12)32-48(46)56-42-24-22-26-44(30-42)60-52(58)54(18,19)20/h21-38,55-56H,1-20H3. The zero-order chi connectivity index (χ0) is 48.3. The largest absolute Gasteiger partial charge is 0.542 e. The third-order valence-electron chi connectivity index (χ3n) is 12.8. The van der Waals surface area contributed by atoms with Crippen LogP contribution in [0.15, 0.2) is 72.8 Å². The van der Waals surface area contributed by atoms with Crippen molar-refractivity contribution in [3.63, 3.8) is 0 Å². The van der Waals surface area contributed by atoms with Crippen LogP contribution >= 0.6 is 0 Å². The minimum absolute atomic E-state index is 0.307. The summed E-state index contributed by atoms with van der Waals surface area (Å²) in [5, 5.41) is 7.50. The van der Waals surface area contributed by atoms with Crippen molar-refractivity contribution in [3.8, 4) is 34.1 Å². The molecular weight excluding hydrogens is 829 g/mol. The summed E-state index contributed by atoms with van der Waals surface area (Å²) in [5.41, 5.74) is 8.05. The molecule has 0 saturated heterocycles. The molecule has 0 aliphatic carbocycles. The van der Waals surface area contributed by atoms with Crippen LogP contribution in [-0.2, 0) is 9.59 Å². The van der Waals surface area contributed by atoms with Crippen molar-refractivity contribution in [2.24, 2.45) is 10.8 Å². The first kappa shape index (κ1) is 52.1. The van der Waals surface area contributed by atoms with Crippen LogP contribution in [0.1, 0.15) is 136 Å². The van der Waals surface area contributed by atoms with Gasteiger partial charge in [-0.2, -0.15) is 0 Å². The second-order valence-corrected chi connectivity index (χ2v) is 32.5. The fourth-order valence-corrected chi connectivity index (χ4v) is 20.1. The fraction of sp³-hybridized carbons (Fsp3) is 0.519. The average Bonchev–Trinajstić information content (AvgIpc) is 3.16. The van der Waals surface area contributed by atoms with Gasteiger partial charge in [-0.3, -0.25) is 9.59 Å². The molecule has 2 N–H and O–H groups in total. The van der Waals surface area contributed by atoms with E-state index in [1.165, 1.54) is 0 Å². The maximum absolute atomic E-state index is 13.0. The molecule has 8 nitrogen and oxygen atoms in total. The van der Waals surface area contributed by atoms with Crippen molar-refractivity contribution in [2.75, 3.05) is 10.6 Å². The molecule has 350 valence electrons. The van der Waals surface area contributed by atoms with Crippen LogP contribution < -0.4 is 29.0 Å². The lowest BCUT2D eigenvalue weighted by Gasteiger charge is -2.43. The molecule has 0 unspecified atom stereocenters. The predicted octanol–water partition coefficient (Wildman–Crippen LogP) is 16.5. The number of nitrogens with one attached hydrogen (secondary N) is 2. The summed E-state index contributed by atoms with van der Waals surface area (Å²) in [6.07, 6.45) is 0. The van der Waals surface area contributed by atoms with Gasteiger partial charge in [-0.15, -0.1) is 0 Å². The molecular formula is C54H80N2O6Si2. The van der Waals surface area contributed by atoms with E-state index >= 15 is 0 Å². The Balaban J connectivity index is 2.05. The molecule has 64 heavy (non-hydrogen) atoms. The number of carbonyl (C=O) groups is 2. The van der Waals surface area contributed by atoms with Crippen LogP contribution in [0.4, 0.5) is 22.7 Å². The SMILES string of the molecule is Cc1cc(-c2cc(C)c(O[Si](C(C)C)(C(C)C)C(C)C)cc2Nc2cccc(OC(=O)C(C)(C)C)c2)c(Nc2cccc(OC(=O)C(C)(C)C)c2)cc1O[Si](C(C)C)(C(C)C)C(C)C. The second-order valence-electron chi connectivity index (χ2n) is 21.8. The number of benzene rings is 4. The maximum atomic E-state index is 13.0. The second kappa shape index (κ2) is 20.3. The molecule has 10 heteroatoms. The van der Waals surface area contributed by atoms with Gasteiger partial charge in [-0.05, 0) is 136 Å². The van der Waals surface area contributed by atoms with Crippen molar-refractivity contribution in [2.45, 2.75) is 172 Å². The molecule has 4 rings (SSSR count). The molecule has 0 aliphatic heterocycles. The van der Waals surface area contributed by atoms with Gasteiger partial charge in [0.2, 0.25) is 0 Å². The predicted molar refractivity (Wildman–Crippen MR) is 274 cm³/mol. The molecule has 0 aliphatic rings. The molecule has 0 heterocycles. The third kappa shape index (κ3) is 11.6. The van der Waals surface area contributed by atoms with E-state index in [4.69, 9.17) is 18.3 Å². The quantitative estimate of drug-likeness (QED) is 0.0615. The van der Waals surface area contributed by atoms with Crippen molar-refractivity contribution in [1.29, 1.82) is 0 Å². The molecule has 0 aromatic heterocycles. The van der Waals surface area contributed by atoms with Gasteiger partial charge in [-0.25, -0.2) is 0 Å². The normalized spacial score (nSPS) is 12.7. The van der Waals surface area contributed by atoms with E-state index in [1.54, 1.807) is 12.1 Å². The average molecular weight is 909 g/mol. The monoisotopic (exact) mass is 909 g/mol. The summed E-state index contributed by atoms with van der Waals surface area (Å²) in [6.45, 7) is 43.0. The molecule has 0 bridgehead atoms. The van der Waals surface area contributed by atoms with E-state index in [0.29, 0.717) is 44.7 Å². The first-order chi connectivity index (χ1) is 29.5. The van der Waals surface area contributed by atoms with Crippen LogP contribution in [0.5, 0.6) is 23.0 Å². The van der Waals surface area contributed by atoms with Crippen molar-refractivity contribution < 1.29 is 27.9 Å². The van der Waals surface area contributed by atoms with E-state index in [2.05, 4.69) is 132 Å². The lowest BCUT2D eigenvalue weighted by atomic mass is 9.96. The van der Waals surface area contributed by atoms with Crippen LogP contribution in [0, 0.1) is 24.7 Å². The van der Waals surface area contributed by atoms with Crippen LogP contribution in [0.3, 0.4) is 0 Å². The summed E-state index contributed by atoms with van der Waals surface area (Å²) >= 11 is 0.